The second kappa shape index (κ2) is 4.56. The van der Waals surface area contributed by atoms with Gasteiger partial charge in [0, 0.05) is 17.8 Å². The first-order valence-corrected chi connectivity index (χ1v) is 5.82. The molecule has 86 valence electrons. The number of hydrogen-bond donors (Lipinski definition) is 2. The molecule has 0 heterocycles. The second-order valence-corrected chi connectivity index (χ2v) is 4.53. The zero-order valence-electron chi connectivity index (χ0n) is 9.62. The Hall–Kier alpha value is -1.51. The molecule has 1 aromatic rings. The summed E-state index contributed by atoms with van der Waals surface area (Å²) in [6.07, 6.45) is 3.80. The molecule has 1 aliphatic carbocycles. The molecular formula is C13H18N2O. The average molecular weight is 218 g/mol. The van der Waals surface area contributed by atoms with Crippen LogP contribution in [0, 0.1) is 12.8 Å². The number of nitrogens with one attached hydrogen (secondary N) is 1. The van der Waals surface area contributed by atoms with Crippen LogP contribution in [0.25, 0.3) is 0 Å². The molecule has 2 rings (SSSR count). The summed E-state index contributed by atoms with van der Waals surface area (Å²) in [5, 5.41) is 2.97. The smallest absolute Gasteiger partial charge is 0.251 e. The summed E-state index contributed by atoms with van der Waals surface area (Å²) >= 11 is 0. The van der Waals surface area contributed by atoms with Crippen LogP contribution in [0.3, 0.4) is 0 Å². The van der Waals surface area contributed by atoms with E-state index in [1.807, 2.05) is 25.1 Å². The van der Waals surface area contributed by atoms with E-state index in [0.717, 1.165) is 12.1 Å². The molecule has 1 aromatic carbocycles. The Morgan fingerprint density at radius 1 is 1.50 bits per heavy atom. The monoisotopic (exact) mass is 218 g/mol. The summed E-state index contributed by atoms with van der Waals surface area (Å²) < 4.78 is 0. The lowest BCUT2D eigenvalue weighted by Crippen LogP contribution is -2.32. The molecule has 0 bridgehead atoms. The van der Waals surface area contributed by atoms with Gasteiger partial charge in [0.15, 0.2) is 0 Å². The molecular weight excluding hydrogens is 200 g/mol. The molecule has 0 aliphatic heterocycles. The third-order valence-electron chi connectivity index (χ3n) is 3.40. The maximum absolute atomic E-state index is 11.9. The molecule has 0 unspecified atom stereocenters. The number of benzene rings is 1. The van der Waals surface area contributed by atoms with E-state index in [4.69, 9.17) is 5.73 Å². The van der Waals surface area contributed by atoms with E-state index in [1.165, 1.54) is 19.3 Å². The van der Waals surface area contributed by atoms with E-state index in [2.05, 4.69) is 5.32 Å². The van der Waals surface area contributed by atoms with Gasteiger partial charge in [0.25, 0.3) is 5.91 Å². The second-order valence-electron chi connectivity index (χ2n) is 4.53. The number of nitrogen functional groups attached to an aromatic ring is 1. The SMILES string of the molecule is Cc1c(N)cccc1C(=O)NCC1CCC1. The lowest BCUT2D eigenvalue weighted by Gasteiger charge is -2.25. The third kappa shape index (κ3) is 2.18. The summed E-state index contributed by atoms with van der Waals surface area (Å²) in [4.78, 5) is 11.9. The maximum Gasteiger partial charge on any atom is 0.251 e. The number of anilines is 1. The molecule has 3 N–H and O–H groups in total. The summed E-state index contributed by atoms with van der Waals surface area (Å²) in [5.41, 5.74) is 8.01. The largest absolute Gasteiger partial charge is 0.398 e. The maximum atomic E-state index is 11.9. The van der Waals surface area contributed by atoms with Gasteiger partial charge in [0.05, 0.1) is 0 Å². The number of nitrogens with two attached hydrogens (primary N) is 1. The number of hydrogen-bond acceptors (Lipinski definition) is 2. The Morgan fingerprint density at radius 2 is 2.25 bits per heavy atom. The van der Waals surface area contributed by atoms with Crippen molar-refractivity contribution in [3.05, 3.63) is 29.3 Å². The van der Waals surface area contributed by atoms with Crippen molar-refractivity contribution >= 4 is 11.6 Å². The van der Waals surface area contributed by atoms with E-state index in [1.54, 1.807) is 0 Å². The fourth-order valence-corrected chi connectivity index (χ4v) is 1.93. The van der Waals surface area contributed by atoms with Gasteiger partial charge in [-0.2, -0.15) is 0 Å². The van der Waals surface area contributed by atoms with Gasteiger partial charge in [0.2, 0.25) is 0 Å². The van der Waals surface area contributed by atoms with Crippen molar-refractivity contribution in [1.82, 2.24) is 5.32 Å². The third-order valence-corrected chi connectivity index (χ3v) is 3.40. The van der Waals surface area contributed by atoms with Crippen LogP contribution in [0.2, 0.25) is 0 Å². The molecule has 0 radical (unpaired) electrons. The molecule has 16 heavy (non-hydrogen) atoms. The van der Waals surface area contributed by atoms with Crippen molar-refractivity contribution < 1.29 is 4.79 Å². The highest BCUT2D eigenvalue weighted by Gasteiger charge is 2.18. The Morgan fingerprint density at radius 3 is 2.88 bits per heavy atom. The highest BCUT2D eigenvalue weighted by molar-refractivity contribution is 5.96. The normalized spacial score (nSPS) is 15.6. The van der Waals surface area contributed by atoms with E-state index in [0.29, 0.717) is 17.2 Å². The predicted octanol–water partition coefficient (Wildman–Crippen LogP) is 2.11. The van der Waals surface area contributed by atoms with Crippen LogP contribution in [0.5, 0.6) is 0 Å². The average Bonchev–Trinajstić information content (AvgIpc) is 2.19. The Kier molecular flexibility index (Phi) is 3.13. The van der Waals surface area contributed by atoms with Crippen LogP contribution in [-0.4, -0.2) is 12.5 Å². The van der Waals surface area contributed by atoms with Gasteiger partial charge >= 0.3 is 0 Å². The first kappa shape index (κ1) is 11.0. The predicted molar refractivity (Wildman–Crippen MR) is 65.3 cm³/mol. The first-order valence-electron chi connectivity index (χ1n) is 5.82. The van der Waals surface area contributed by atoms with Crippen LogP contribution < -0.4 is 11.1 Å². The van der Waals surface area contributed by atoms with Gasteiger partial charge in [-0.25, -0.2) is 0 Å². The summed E-state index contributed by atoms with van der Waals surface area (Å²) in [5.74, 6) is 0.682. The van der Waals surface area contributed by atoms with Crippen molar-refractivity contribution in [3.8, 4) is 0 Å². The fourth-order valence-electron chi connectivity index (χ4n) is 1.93. The highest BCUT2D eigenvalue weighted by Crippen LogP contribution is 2.25. The molecule has 1 saturated carbocycles. The van der Waals surface area contributed by atoms with Gasteiger partial charge < -0.3 is 11.1 Å². The number of carbonyl (C=O) groups is 1. The van der Waals surface area contributed by atoms with Crippen molar-refractivity contribution in [2.24, 2.45) is 5.92 Å². The molecule has 1 fully saturated rings. The number of carbonyl (C=O) groups excluding carboxylic acids is 1. The van der Waals surface area contributed by atoms with Crippen LogP contribution in [-0.2, 0) is 0 Å². The molecule has 3 nitrogen and oxygen atoms in total. The molecule has 3 heteroatoms. The zero-order valence-corrected chi connectivity index (χ0v) is 9.62. The van der Waals surface area contributed by atoms with Crippen LogP contribution in [0.15, 0.2) is 18.2 Å². The van der Waals surface area contributed by atoms with Gasteiger partial charge in [-0.05, 0) is 43.4 Å². The summed E-state index contributed by atoms with van der Waals surface area (Å²) in [6, 6.07) is 5.46. The Bertz CT molecular complexity index is 397. The number of rotatable bonds is 3. The molecule has 0 atom stereocenters. The highest BCUT2D eigenvalue weighted by atomic mass is 16.1. The zero-order chi connectivity index (χ0) is 11.5. The van der Waals surface area contributed by atoms with Crippen molar-refractivity contribution in [3.63, 3.8) is 0 Å². The van der Waals surface area contributed by atoms with E-state index in [-0.39, 0.29) is 5.91 Å². The van der Waals surface area contributed by atoms with Crippen LogP contribution in [0.4, 0.5) is 5.69 Å². The topological polar surface area (TPSA) is 55.1 Å². The number of amides is 1. The first-order chi connectivity index (χ1) is 7.68. The van der Waals surface area contributed by atoms with E-state index < -0.39 is 0 Å². The minimum atomic E-state index is -0.00306. The lowest BCUT2D eigenvalue weighted by molar-refractivity contribution is 0.0938. The van der Waals surface area contributed by atoms with Crippen molar-refractivity contribution in [2.45, 2.75) is 26.2 Å². The quantitative estimate of drug-likeness (QED) is 0.763. The summed E-state index contributed by atoms with van der Waals surface area (Å²) in [6.45, 7) is 2.68. The fraction of sp³-hybridized carbons (Fsp3) is 0.462. The van der Waals surface area contributed by atoms with Crippen molar-refractivity contribution in [2.75, 3.05) is 12.3 Å². The van der Waals surface area contributed by atoms with E-state index >= 15 is 0 Å². The minimum Gasteiger partial charge on any atom is -0.398 e. The van der Waals surface area contributed by atoms with Gasteiger partial charge in [0.1, 0.15) is 0 Å². The molecule has 0 spiro atoms. The van der Waals surface area contributed by atoms with Gasteiger partial charge in [-0.1, -0.05) is 12.5 Å². The minimum absolute atomic E-state index is 0.00306. The Balaban J connectivity index is 1.99. The van der Waals surface area contributed by atoms with E-state index in [9.17, 15) is 4.79 Å². The van der Waals surface area contributed by atoms with Crippen LogP contribution in [0.1, 0.15) is 35.2 Å². The van der Waals surface area contributed by atoms with Crippen molar-refractivity contribution in [1.29, 1.82) is 0 Å². The van der Waals surface area contributed by atoms with Gasteiger partial charge in [-0.15, -0.1) is 0 Å². The standard InChI is InChI=1S/C13H18N2O/c1-9-11(6-3-7-12(9)14)13(16)15-8-10-4-2-5-10/h3,6-7,10H,2,4-5,8,14H2,1H3,(H,15,16). The molecule has 0 saturated heterocycles. The molecule has 1 amide bonds. The summed E-state index contributed by atoms with van der Waals surface area (Å²) in [7, 11) is 0. The van der Waals surface area contributed by atoms with Gasteiger partial charge in [-0.3, -0.25) is 4.79 Å². The van der Waals surface area contributed by atoms with Crippen LogP contribution >= 0.6 is 0 Å². The Labute approximate surface area is 96.0 Å². The lowest BCUT2D eigenvalue weighted by atomic mass is 9.85. The molecule has 0 aromatic heterocycles. The molecule has 1 aliphatic rings.